The van der Waals surface area contributed by atoms with Crippen LogP contribution in [0, 0.1) is 5.41 Å². The first-order chi connectivity index (χ1) is 7.77. The highest BCUT2D eigenvalue weighted by Crippen LogP contribution is 2.26. The van der Waals surface area contributed by atoms with E-state index in [0.717, 1.165) is 12.8 Å². The van der Waals surface area contributed by atoms with Crippen molar-refractivity contribution in [2.45, 2.75) is 59.4 Å². The molecule has 4 heteroatoms. The zero-order chi connectivity index (χ0) is 13.1. The van der Waals surface area contributed by atoms with Crippen LogP contribution in [0.1, 0.15) is 47.5 Å². The molecule has 0 amide bonds. The highest BCUT2D eigenvalue weighted by Gasteiger charge is 2.35. The first-order valence-corrected chi connectivity index (χ1v) is 6.26. The molecule has 17 heavy (non-hydrogen) atoms. The summed E-state index contributed by atoms with van der Waals surface area (Å²) >= 11 is 0. The van der Waals surface area contributed by atoms with Gasteiger partial charge in [0, 0.05) is 0 Å². The van der Waals surface area contributed by atoms with Crippen LogP contribution in [0.4, 0.5) is 0 Å². The Morgan fingerprint density at radius 2 is 2.12 bits per heavy atom. The summed E-state index contributed by atoms with van der Waals surface area (Å²) in [7, 11) is 0. The third-order valence-corrected chi connectivity index (χ3v) is 2.90. The SMILES string of the molecule is CCCC(C)(C)C(=O)OCC1COC(C)(C)O1. The predicted octanol–water partition coefficient (Wildman–Crippen LogP) is 2.51. The minimum Gasteiger partial charge on any atom is -0.462 e. The molecule has 1 atom stereocenters. The van der Waals surface area contributed by atoms with Gasteiger partial charge in [0.2, 0.25) is 0 Å². The van der Waals surface area contributed by atoms with E-state index >= 15 is 0 Å². The van der Waals surface area contributed by atoms with E-state index in [1.165, 1.54) is 0 Å². The highest BCUT2D eigenvalue weighted by molar-refractivity contribution is 5.75. The van der Waals surface area contributed by atoms with Gasteiger partial charge in [-0.1, -0.05) is 13.3 Å². The molecule has 100 valence electrons. The lowest BCUT2D eigenvalue weighted by atomic mass is 9.88. The topological polar surface area (TPSA) is 44.8 Å². The normalized spacial score (nSPS) is 23.7. The lowest BCUT2D eigenvalue weighted by Gasteiger charge is -2.23. The van der Waals surface area contributed by atoms with Crippen molar-refractivity contribution in [3.8, 4) is 0 Å². The Hall–Kier alpha value is -0.610. The lowest BCUT2D eigenvalue weighted by Crippen LogP contribution is -2.31. The molecule has 0 radical (unpaired) electrons. The maximum Gasteiger partial charge on any atom is 0.311 e. The highest BCUT2D eigenvalue weighted by atomic mass is 16.7. The summed E-state index contributed by atoms with van der Waals surface area (Å²) in [6, 6.07) is 0. The predicted molar refractivity (Wildman–Crippen MR) is 64.6 cm³/mol. The number of carbonyl (C=O) groups is 1. The Bertz CT molecular complexity index is 271. The van der Waals surface area contributed by atoms with Crippen LogP contribution in [-0.4, -0.2) is 31.1 Å². The molecule has 0 spiro atoms. The number of carbonyl (C=O) groups excluding carboxylic acids is 1. The molecular formula is C13H24O4. The molecule has 0 aromatic carbocycles. The fourth-order valence-electron chi connectivity index (χ4n) is 1.94. The van der Waals surface area contributed by atoms with Crippen LogP contribution in [0.3, 0.4) is 0 Å². The molecule has 0 saturated carbocycles. The Kier molecular flexibility index (Phi) is 4.55. The first kappa shape index (κ1) is 14.5. The summed E-state index contributed by atoms with van der Waals surface area (Å²) < 4.78 is 16.3. The minimum atomic E-state index is -0.560. The summed E-state index contributed by atoms with van der Waals surface area (Å²) in [5.74, 6) is -0.719. The van der Waals surface area contributed by atoms with Crippen molar-refractivity contribution in [2.24, 2.45) is 5.41 Å². The van der Waals surface area contributed by atoms with E-state index in [1.807, 2.05) is 27.7 Å². The van der Waals surface area contributed by atoms with Crippen LogP contribution >= 0.6 is 0 Å². The van der Waals surface area contributed by atoms with Gasteiger partial charge in [-0.2, -0.15) is 0 Å². The van der Waals surface area contributed by atoms with Crippen molar-refractivity contribution < 1.29 is 19.0 Å². The van der Waals surface area contributed by atoms with Gasteiger partial charge >= 0.3 is 5.97 Å². The van der Waals surface area contributed by atoms with E-state index in [4.69, 9.17) is 14.2 Å². The lowest BCUT2D eigenvalue weighted by molar-refractivity contribution is -0.165. The maximum atomic E-state index is 11.9. The summed E-state index contributed by atoms with van der Waals surface area (Å²) in [5, 5.41) is 0. The van der Waals surface area contributed by atoms with Crippen LogP contribution in [0.2, 0.25) is 0 Å². The summed E-state index contributed by atoms with van der Waals surface area (Å²) in [6.45, 7) is 10.4. The molecule has 1 fully saturated rings. The van der Waals surface area contributed by atoms with Crippen molar-refractivity contribution >= 4 is 5.97 Å². The second-order valence-electron chi connectivity index (χ2n) is 5.68. The van der Waals surface area contributed by atoms with E-state index in [9.17, 15) is 4.79 Å². The van der Waals surface area contributed by atoms with E-state index in [2.05, 4.69) is 6.92 Å². The Morgan fingerprint density at radius 3 is 2.59 bits per heavy atom. The summed E-state index contributed by atoms with van der Waals surface area (Å²) in [5.41, 5.74) is -0.413. The third-order valence-electron chi connectivity index (χ3n) is 2.90. The molecule has 1 saturated heterocycles. The fraction of sp³-hybridized carbons (Fsp3) is 0.923. The number of hydrogen-bond acceptors (Lipinski definition) is 4. The molecule has 1 aliphatic rings. The molecule has 1 aliphatic heterocycles. The van der Waals surface area contributed by atoms with Gasteiger partial charge < -0.3 is 14.2 Å². The van der Waals surface area contributed by atoms with Crippen LogP contribution in [0.15, 0.2) is 0 Å². The second-order valence-corrected chi connectivity index (χ2v) is 5.68. The number of esters is 1. The van der Waals surface area contributed by atoms with Crippen LogP contribution in [0.5, 0.6) is 0 Å². The van der Waals surface area contributed by atoms with Crippen LogP contribution in [0.25, 0.3) is 0 Å². The van der Waals surface area contributed by atoms with Crippen molar-refractivity contribution in [2.75, 3.05) is 13.2 Å². The zero-order valence-corrected chi connectivity index (χ0v) is 11.5. The molecule has 1 rings (SSSR count). The van der Waals surface area contributed by atoms with Gasteiger partial charge in [-0.25, -0.2) is 0 Å². The van der Waals surface area contributed by atoms with Crippen LogP contribution < -0.4 is 0 Å². The van der Waals surface area contributed by atoms with Gasteiger partial charge in [-0.05, 0) is 34.1 Å². The van der Waals surface area contributed by atoms with Gasteiger partial charge in [0.15, 0.2) is 5.79 Å². The van der Waals surface area contributed by atoms with Crippen LogP contribution in [-0.2, 0) is 19.0 Å². The van der Waals surface area contributed by atoms with Gasteiger partial charge in [0.25, 0.3) is 0 Å². The van der Waals surface area contributed by atoms with E-state index < -0.39 is 11.2 Å². The molecular weight excluding hydrogens is 220 g/mol. The molecule has 0 N–H and O–H groups in total. The van der Waals surface area contributed by atoms with Gasteiger partial charge in [0.1, 0.15) is 12.7 Å². The van der Waals surface area contributed by atoms with Crippen molar-refractivity contribution in [3.05, 3.63) is 0 Å². The average molecular weight is 244 g/mol. The molecule has 1 unspecified atom stereocenters. The van der Waals surface area contributed by atoms with E-state index in [0.29, 0.717) is 6.61 Å². The zero-order valence-electron chi connectivity index (χ0n) is 11.5. The second kappa shape index (κ2) is 5.36. The fourth-order valence-corrected chi connectivity index (χ4v) is 1.94. The van der Waals surface area contributed by atoms with E-state index in [-0.39, 0.29) is 18.7 Å². The summed E-state index contributed by atoms with van der Waals surface area (Å²) in [6.07, 6.45) is 1.66. The number of rotatable bonds is 5. The summed E-state index contributed by atoms with van der Waals surface area (Å²) in [4.78, 5) is 11.9. The third kappa shape index (κ3) is 4.28. The standard InChI is InChI=1S/C13H24O4/c1-6-7-12(2,3)11(14)15-8-10-9-16-13(4,5)17-10/h10H,6-9H2,1-5H3. The molecule has 1 heterocycles. The Morgan fingerprint density at radius 1 is 1.47 bits per heavy atom. The molecule has 0 bridgehead atoms. The number of hydrogen-bond donors (Lipinski definition) is 0. The monoisotopic (exact) mass is 244 g/mol. The minimum absolute atomic E-state index is 0.147. The Labute approximate surface area is 104 Å². The maximum absolute atomic E-state index is 11.9. The molecule has 4 nitrogen and oxygen atoms in total. The smallest absolute Gasteiger partial charge is 0.311 e. The van der Waals surface area contributed by atoms with Crippen molar-refractivity contribution in [3.63, 3.8) is 0 Å². The Balaban J connectivity index is 2.34. The van der Waals surface area contributed by atoms with Gasteiger partial charge in [0.05, 0.1) is 12.0 Å². The number of ether oxygens (including phenoxy) is 3. The largest absolute Gasteiger partial charge is 0.462 e. The quantitative estimate of drug-likeness (QED) is 0.697. The molecule has 0 aliphatic carbocycles. The first-order valence-electron chi connectivity index (χ1n) is 6.26. The van der Waals surface area contributed by atoms with Gasteiger partial charge in [-0.3, -0.25) is 4.79 Å². The van der Waals surface area contributed by atoms with E-state index in [1.54, 1.807) is 0 Å². The van der Waals surface area contributed by atoms with Crippen molar-refractivity contribution in [1.29, 1.82) is 0 Å². The van der Waals surface area contributed by atoms with Crippen molar-refractivity contribution in [1.82, 2.24) is 0 Å². The molecule has 0 aromatic heterocycles. The molecule has 0 aromatic rings. The average Bonchev–Trinajstić information content (AvgIpc) is 2.54. The van der Waals surface area contributed by atoms with Gasteiger partial charge in [-0.15, -0.1) is 0 Å².